The highest BCUT2D eigenvalue weighted by Crippen LogP contribution is 2.25. The normalized spacial score (nSPS) is 21.9. The maximum Gasteiger partial charge on any atom is 0.332 e. The number of anilines is 1. The van der Waals surface area contributed by atoms with Crippen molar-refractivity contribution in [2.45, 2.75) is 25.8 Å². The minimum atomic E-state index is -0.582. The van der Waals surface area contributed by atoms with Crippen LogP contribution in [0, 0.1) is 0 Å². The molecule has 2 aliphatic heterocycles. The van der Waals surface area contributed by atoms with Crippen molar-refractivity contribution in [3.8, 4) is 0 Å². The molecule has 2 aliphatic rings. The van der Waals surface area contributed by atoms with Crippen LogP contribution >= 0.6 is 0 Å². The Hall–Kier alpha value is -2.37. The zero-order valence-electron chi connectivity index (χ0n) is 12.6. The van der Waals surface area contributed by atoms with Crippen molar-refractivity contribution in [3.63, 3.8) is 0 Å². The van der Waals surface area contributed by atoms with Crippen LogP contribution < -0.4 is 4.90 Å². The number of amides is 4. The standard InChI is InChI=1S/C16H19N3O3/c1-12-15(21)18(11-14(20)17-9-5-6-10-17)16(22)19(12)13-7-3-2-4-8-13/h2-4,7-8,12H,5-6,9-11H2,1H3. The van der Waals surface area contributed by atoms with Crippen LogP contribution in [0.4, 0.5) is 10.5 Å². The zero-order chi connectivity index (χ0) is 15.7. The monoisotopic (exact) mass is 301 g/mol. The van der Waals surface area contributed by atoms with Crippen molar-refractivity contribution in [1.82, 2.24) is 9.80 Å². The van der Waals surface area contributed by atoms with Gasteiger partial charge >= 0.3 is 6.03 Å². The number of carbonyl (C=O) groups excluding carboxylic acids is 3. The number of nitrogens with zero attached hydrogens (tertiary/aromatic N) is 3. The molecule has 2 heterocycles. The van der Waals surface area contributed by atoms with E-state index in [1.807, 2.05) is 18.2 Å². The van der Waals surface area contributed by atoms with Crippen LogP contribution in [0.5, 0.6) is 0 Å². The van der Waals surface area contributed by atoms with Crippen molar-refractivity contribution in [1.29, 1.82) is 0 Å². The third kappa shape index (κ3) is 2.45. The minimum absolute atomic E-state index is 0.152. The van der Waals surface area contributed by atoms with E-state index in [0.717, 1.165) is 17.7 Å². The molecule has 6 nitrogen and oxygen atoms in total. The highest BCUT2D eigenvalue weighted by Gasteiger charge is 2.44. The fourth-order valence-corrected chi connectivity index (χ4v) is 3.00. The van der Waals surface area contributed by atoms with E-state index >= 15 is 0 Å². The summed E-state index contributed by atoms with van der Waals surface area (Å²) in [5.74, 6) is -0.470. The predicted octanol–water partition coefficient (Wildman–Crippen LogP) is 1.47. The summed E-state index contributed by atoms with van der Waals surface area (Å²) in [5, 5.41) is 0. The molecule has 1 aromatic carbocycles. The molecule has 0 spiro atoms. The number of imide groups is 1. The van der Waals surface area contributed by atoms with Crippen LogP contribution in [0.25, 0.3) is 0 Å². The van der Waals surface area contributed by atoms with Gasteiger partial charge in [-0.3, -0.25) is 19.4 Å². The first kappa shape index (κ1) is 14.6. The summed E-state index contributed by atoms with van der Waals surface area (Å²) < 4.78 is 0. The largest absolute Gasteiger partial charge is 0.341 e. The molecule has 1 atom stereocenters. The summed E-state index contributed by atoms with van der Waals surface area (Å²) in [4.78, 5) is 41.3. The van der Waals surface area contributed by atoms with Crippen molar-refractivity contribution in [2.75, 3.05) is 24.5 Å². The second kappa shape index (κ2) is 5.79. The number of urea groups is 1. The molecule has 0 aliphatic carbocycles. The molecule has 6 heteroatoms. The zero-order valence-corrected chi connectivity index (χ0v) is 12.6. The minimum Gasteiger partial charge on any atom is -0.341 e. The first-order chi connectivity index (χ1) is 10.6. The molecule has 116 valence electrons. The summed E-state index contributed by atoms with van der Waals surface area (Å²) in [5.41, 5.74) is 0.671. The Morgan fingerprint density at radius 2 is 1.77 bits per heavy atom. The molecule has 0 saturated carbocycles. The Labute approximate surface area is 129 Å². The second-order valence-electron chi connectivity index (χ2n) is 5.68. The van der Waals surface area contributed by atoms with Gasteiger partial charge in [-0.25, -0.2) is 4.79 Å². The SMILES string of the molecule is CC1C(=O)N(CC(=O)N2CCCC2)C(=O)N1c1ccccc1. The third-order valence-corrected chi connectivity index (χ3v) is 4.23. The van der Waals surface area contributed by atoms with Gasteiger partial charge in [0.1, 0.15) is 12.6 Å². The Morgan fingerprint density at radius 1 is 1.14 bits per heavy atom. The van der Waals surface area contributed by atoms with Crippen LogP contribution in [-0.4, -0.2) is 53.3 Å². The Balaban J connectivity index is 1.77. The first-order valence-corrected chi connectivity index (χ1v) is 7.57. The molecule has 3 rings (SSSR count). The lowest BCUT2D eigenvalue weighted by Crippen LogP contribution is -2.42. The summed E-state index contributed by atoms with van der Waals surface area (Å²) >= 11 is 0. The molecule has 0 N–H and O–H groups in total. The second-order valence-corrected chi connectivity index (χ2v) is 5.68. The van der Waals surface area contributed by atoms with Gasteiger partial charge in [-0.2, -0.15) is 0 Å². The maximum atomic E-state index is 12.5. The highest BCUT2D eigenvalue weighted by molar-refractivity contribution is 6.15. The van der Waals surface area contributed by atoms with Crippen molar-refractivity contribution in [2.24, 2.45) is 0 Å². The Morgan fingerprint density at radius 3 is 2.41 bits per heavy atom. The van der Waals surface area contributed by atoms with E-state index in [9.17, 15) is 14.4 Å². The number of carbonyl (C=O) groups is 3. The predicted molar refractivity (Wildman–Crippen MR) is 81.3 cm³/mol. The van der Waals surface area contributed by atoms with Crippen molar-refractivity contribution < 1.29 is 14.4 Å². The van der Waals surface area contributed by atoms with E-state index in [2.05, 4.69) is 0 Å². The lowest BCUT2D eigenvalue weighted by Gasteiger charge is -2.20. The molecular weight excluding hydrogens is 282 g/mol. The van der Waals surface area contributed by atoms with Crippen molar-refractivity contribution >= 4 is 23.5 Å². The number of para-hydroxylation sites is 1. The van der Waals surface area contributed by atoms with E-state index in [4.69, 9.17) is 0 Å². The van der Waals surface area contributed by atoms with Crippen LogP contribution in [0.2, 0.25) is 0 Å². The fraction of sp³-hybridized carbons (Fsp3) is 0.438. The van der Waals surface area contributed by atoms with Gasteiger partial charge in [-0.05, 0) is 31.9 Å². The number of rotatable bonds is 3. The Bertz CT molecular complexity index is 596. The van der Waals surface area contributed by atoms with Gasteiger partial charge in [0.05, 0.1) is 0 Å². The third-order valence-electron chi connectivity index (χ3n) is 4.23. The van der Waals surface area contributed by atoms with E-state index in [1.165, 1.54) is 4.90 Å². The molecule has 1 aromatic rings. The molecule has 2 fully saturated rings. The summed E-state index contributed by atoms with van der Waals surface area (Å²) in [7, 11) is 0. The summed E-state index contributed by atoms with van der Waals surface area (Å²) in [6.45, 7) is 2.96. The lowest BCUT2D eigenvalue weighted by molar-refractivity contribution is -0.136. The average molecular weight is 301 g/mol. The Kier molecular flexibility index (Phi) is 3.83. The maximum absolute atomic E-state index is 12.5. The molecule has 2 saturated heterocycles. The summed E-state index contributed by atoms with van der Waals surface area (Å²) in [6.07, 6.45) is 1.97. The fourth-order valence-electron chi connectivity index (χ4n) is 3.00. The lowest BCUT2D eigenvalue weighted by atomic mass is 10.2. The highest BCUT2D eigenvalue weighted by atomic mass is 16.2. The molecule has 0 bridgehead atoms. The summed E-state index contributed by atoms with van der Waals surface area (Å²) in [6, 6.07) is 8.06. The molecule has 4 amide bonds. The van der Waals surface area contributed by atoms with Gasteiger partial charge < -0.3 is 4.90 Å². The van der Waals surface area contributed by atoms with E-state index < -0.39 is 12.1 Å². The molecule has 22 heavy (non-hydrogen) atoms. The molecule has 0 aromatic heterocycles. The van der Waals surface area contributed by atoms with E-state index in [1.54, 1.807) is 24.0 Å². The van der Waals surface area contributed by atoms with Crippen LogP contribution in [-0.2, 0) is 9.59 Å². The number of likely N-dealkylation sites (tertiary alicyclic amines) is 1. The van der Waals surface area contributed by atoms with Gasteiger partial charge in [0.25, 0.3) is 5.91 Å². The van der Waals surface area contributed by atoms with Gasteiger partial charge in [-0.15, -0.1) is 0 Å². The van der Waals surface area contributed by atoms with Gasteiger partial charge in [0.2, 0.25) is 5.91 Å². The smallest absolute Gasteiger partial charge is 0.332 e. The van der Waals surface area contributed by atoms with E-state index in [-0.39, 0.29) is 18.4 Å². The first-order valence-electron chi connectivity index (χ1n) is 7.57. The van der Waals surface area contributed by atoms with Crippen LogP contribution in [0.3, 0.4) is 0 Å². The number of hydrogen-bond acceptors (Lipinski definition) is 3. The average Bonchev–Trinajstić information content (AvgIpc) is 3.13. The van der Waals surface area contributed by atoms with Crippen LogP contribution in [0.15, 0.2) is 30.3 Å². The molecular formula is C16H19N3O3. The number of benzene rings is 1. The quantitative estimate of drug-likeness (QED) is 0.794. The molecule has 0 radical (unpaired) electrons. The van der Waals surface area contributed by atoms with Gasteiger partial charge in [0, 0.05) is 18.8 Å². The van der Waals surface area contributed by atoms with Gasteiger partial charge in [-0.1, -0.05) is 18.2 Å². The topological polar surface area (TPSA) is 60.9 Å². The van der Waals surface area contributed by atoms with Gasteiger partial charge in [0.15, 0.2) is 0 Å². The van der Waals surface area contributed by atoms with Crippen molar-refractivity contribution in [3.05, 3.63) is 30.3 Å². The molecule has 1 unspecified atom stereocenters. The number of hydrogen-bond donors (Lipinski definition) is 0. The van der Waals surface area contributed by atoms with E-state index in [0.29, 0.717) is 18.8 Å². The van der Waals surface area contributed by atoms with Crippen LogP contribution in [0.1, 0.15) is 19.8 Å².